The van der Waals surface area contributed by atoms with Crippen molar-refractivity contribution >= 4 is 29.5 Å². The number of carbonyl (C=O) groups excluding carboxylic acids is 3. The summed E-state index contributed by atoms with van der Waals surface area (Å²) >= 11 is 1.30. The van der Waals surface area contributed by atoms with Gasteiger partial charge in [0.2, 0.25) is 11.8 Å². The van der Waals surface area contributed by atoms with Crippen molar-refractivity contribution in [2.45, 2.75) is 42.5 Å². The van der Waals surface area contributed by atoms with Crippen LogP contribution in [0.15, 0.2) is 30.3 Å². The zero-order chi connectivity index (χ0) is 16.8. The van der Waals surface area contributed by atoms with E-state index >= 15 is 0 Å². The molecule has 0 bridgehead atoms. The second kappa shape index (κ2) is 7.09. The van der Waals surface area contributed by atoms with Crippen LogP contribution in [0.4, 0.5) is 0 Å². The molecule has 122 valence electrons. The standard InChI is InChI=1S/C16H18N2O4S.K/c1-15(2)13(14(21)22)18-12(20)9-16(18,23-15)17-11(19)8-10-6-4-3-5-7-10;/h3-7,13H,8-9H2,1-2H3,(H,17,19)(H,21,22);/q;+1/p-1/t13-,16?;/m0./s1. The molecule has 0 aliphatic carbocycles. The molecule has 2 fully saturated rings. The maximum Gasteiger partial charge on any atom is 1.00 e. The van der Waals surface area contributed by atoms with Crippen LogP contribution in [-0.2, 0) is 20.8 Å². The summed E-state index contributed by atoms with van der Waals surface area (Å²) in [6, 6.07) is 8.20. The van der Waals surface area contributed by atoms with Crippen LogP contribution in [0.1, 0.15) is 25.8 Å². The first-order chi connectivity index (χ1) is 10.8. The number of carboxylic acid groups (broad SMARTS) is 1. The second-order valence-electron chi connectivity index (χ2n) is 6.36. The second-order valence-corrected chi connectivity index (χ2v) is 8.29. The Morgan fingerprint density at radius 1 is 1.33 bits per heavy atom. The zero-order valence-electron chi connectivity index (χ0n) is 13.9. The molecule has 2 heterocycles. The van der Waals surface area contributed by atoms with Crippen LogP contribution in [0.2, 0.25) is 0 Å². The van der Waals surface area contributed by atoms with Crippen LogP contribution in [0.3, 0.4) is 0 Å². The van der Waals surface area contributed by atoms with Gasteiger partial charge in [-0.15, -0.1) is 11.8 Å². The first kappa shape index (κ1) is 19.9. The molecule has 8 heteroatoms. The van der Waals surface area contributed by atoms with Crippen LogP contribution in [0, 0.1) is 0 Å². The number of thioether (sulfide) groups is 1. The molecule has 0 aromatic heterocycles. The van der Waals surface area contributed by atoms with Crippen molar-refractivity contribution in [1.82, 2.24) is 10.2 Å². The minimum Gasteiger partial charge on any atom is -0.548 e. The molecule has 2 atom stereocenters. The number of fused-ring (bicyclic) bond motifs is 1. The molecule has 3 rings (SSSR count). The predicted octanol–water partition coefficient (Wildman–Crippen LogP) is -3.12. The van der Waals surface area contributed by atoms with Gasteiger partial charge < -0.3 is 20.1 Å². The van der Waals surface area contributed by atoms with Gasteiger partial charge in [-0.3, -0.25) is 9.59 Å². The Balaban J connectivity index is 0.00000208. The first-order valence-corrected chi connectivity index (χ1v) is 8.15. The molecule has 0 radical (unpaired) electrons. The number of hydrogen-bond donors (Lipinski definition) is 1. The Morgan fingerprint density at radius 3 is 2.50 bits per heavy atom. The van der Waals surface area contributed by atoms with Crippen molar-refractivity contribution < 1.29 is 70.9 Å². The molecule has 1 N–H and O–H groups in total. The van der Waals surface area contributed by atoms with Crippen LogP contribution in [-0.4, -0.2) is 38.5 Å². The van der Waals surface area contributed by atoms with Crippen molar-refractivity contribution in [3.05, 3.63) is 35.9 Å². The largest absolute Gasteiger partial charge is 1.00 e. The van der Waals surface area contributed by atoms with Crippen LogP contribution in [0.25, 0.3) is 0 Å². The van der Waals surface area contributed by atoms with Gasteiger partial charge in [0.25, 0.3) is 0 Å². The minimum atomic E-state index is -1.30. The van der Waals surface area contributed by atoms with Gasteiger partial charge in [0.05, 0.1) is 24.9 Å². The molecule has 2 amide bonds. The fraction of sp³-hybridized carbons (Fsp3) is 0.438. The average Bonchev–Trinajstić information content (AvgIpc) is 2.62. The van der Waals surface area contributed by atoms with Gasteiger partial charge in [-0.05, 0) is 19.4 Å². The summed E-state index contributed by atoms with van der Waals surface area (Å²) in [6.07, 6.45) is 0.285. The summed E-state index contributed by atoms with van der Waals surface area (Å²) in [7, 11) is 0. The van der Waals surface area contributed by atoms with Gasteiger partial charge in [0, 0.05) is 4.75 Å². The fourth-order valence-electron chi connectivity index (χ4n) is 3.29. The normalized spacial score (nSPS) is 26.8. The van der Waals surface area contributed by atoms with E-state index in [4.69, 9.17) is 0 Å². The SMILES string of the molecule is CC1(C)SC2(NC(=O)Cc3ccccc3)CC(=O)N2[C@H]1C(=O)[O-].[K+]. The molecule has 6 nitrogen and oxygen atoms in total. The Kier molecular flexibility index (Phi) is 5.89. The van der Waals surface area contributed by atoms with Gasteiger partial charge >= 0.3 is 51.4 Å². The van der Waals surface area contributed by atoms with Crippen molar-refractivity contribution in [3.63, 3.8) is 0 Å². The topological polar surface area (TPSA) is 89.5 Å². The number of aliphatic carboxylic acids is 1. The van der Waals surface area contributed by atoms with E-state index in [0.29, 0.717) is 0 Å². The minimum absolute atomic E-state index is 0. The van der Waals surface area contributed by atoms with Gasteiger partial charge in [0.15, 0.2) is 4.99 Å². The van der Waals surface area contributed by atoms with Crippen molar-refractivity contribution in [2.75, 3.05) is 0 Å². The van der Waals surface area contributed by atoms with Crippen LogP contribution in [0.5, 0.6) is 0 Å². The molecule has 1 aromatic rings. The molecule has 2 aliphatic heterocycles. The molecule has 2 saturated heterocycles. The number of rotatable bonds is 4. The monoisotopic (exact) mass is 372 g/mol. The number of benzene rings is 1. The zero-order valence-corrected chi connectivity index (χ0v) is 17.8. The summed E-state index contributed by atoms with van der Waals surface area (Å²) in [6.45, 7) is 3.49. The van der Waals surface area contributed by atoms with E-state index in [2.05, 4.69) is 5.32 Å². The van der Waals surface area contributed by atoms with Crippen molar-refractivity contribution in [2.24, 2.45) is 0 Å². The first-order valence-electron chi connectivity index (χ1n) is 7.33. The van der Waals surface area contributed by atoms with Crippen LogP contribution < -0.4 is 61.8 Å². The average molecular weight is 372 g/mol. The maximum atomic E-state index is 12.3. The predicted molar refractivity (Wildman–Crippen MR) is 82.9 cm³/mol. The molecular weight excluding hydrogens is 355 g/mol. The summed E-state index contributed by atoms with van der Waals surface area (Å²) in [5.41, 5.74) is 0.859. The number of nitrogens with zero attached hydrogens (tertiary/aromatic N) is 1. The smallest absolute Gasteiger partial charge is 0.548 e. The quantitative estimate of drug-likeness (QED) is 0.446. The van der Waals surface area contributed by atoms with Gasteiger partial charge in [-0.2, -0.15) is 0 Å². The molecule has 0 spiro atoms. The van der Waals surface area contributed by atoms with Crippen molar-refractivity contribution in [1.29, 1.82) is 0 Å². The van der Waals surface area contributed by atoms with Gasteiger partial charge in [-0.25, -0.2) is 0 Å². The molecule has 0 saturated carbocycles. The Hall–Kier alpha value is -0.384. The summed E-state index contributed by atoms with van der Waals surface area (Å²) in [4.78, 5) is 36.0. The molecule has 1 aromatic carbocycles. The molecule has 24 heavy (non-hydrogen) atoms. The third-order valence-corrected chi connectivity index (χ3v) is 5.69. The van der Waals surface area contributed by atoms with Gasteiger partial charge in [0.1, 0.15) is 0 Å². The molecule has 2 aliphatic rings. The van der Waals surface area contributed by atoms with E-state index in [1.807, 2.05) is 30.3 Å². The third-order valence-electron chi connectivity index (χ3n) is 4.16. The summed E-state index contributed by atoms with van der Waals surface area (Å²) in [5, 5.41) is 14.3. The van der Waals surface area contributed by atoms with E-state index in [0.717, 1.165) is 5.56 Å². The van der Waals surface area contributed by atoms with E-state index in [1.54, 1.807) is 13.8 Å². The molecule has 1 unspecified atom stereocenters. The number of carboxylic acids is 1. The number of nitrogens with one attached hydrogen (secondary N) is 1. The third kappa shape index (κ3) is 3.45. The maximum absolute atomic E-state index is 12.3. The number of carbonyl (C=O) groups is 3. The Bertz CT molecular complexity index is 682. The number of hydrogen-bond acceptors (Lipinski definition) is 5. The van der Waals surface area contributed by atoms with E-state index in [1.165, 1.54) is 16.7 Å². The molecular formula is C16H17KN2O4S. The fourth-order valence-corrected chi connectivity index (χ4v) is 5.14. The Labute approximate surface area is 187 Å². The Morgan fingerprint density at radius 2 is 1.96 bits per heavy atom. The number of amides is 2. The van der Waals surface area contributed by atoms with E-state index < -0.39 is 21.8 Å². The number of β-lactam (4-membered cyclic amide) rings is 1. The van der Waals surface area contributed by atoms with E-state index in [-0.39, 0.29) is 76.0 Å². The summed E-state index contributed by atoms with van der Waals surface area (Å²) < 4.78 is -0.731. The summed E-state index contributed by atoms with van der Waals surface area (Å²) in [5.74, 6) is -1.82. The van der Waals surface area contributed by atoms with E-state index in [9.17, 15) is 19.5 Å². The van der Waals surface area contributed by atoms with Gasteiger partial charge in [-0.1, -0.05) is 30.3 Å². The van der Waals surface area contributed by atoms with Crippen molar-refractivity contribution in [3.8, 4) is 0 Å². The van der Waals surface area contributed by atoms with Crippen LogP contribution >= 0.6 is 11.8 Å².